The van der Waals surface area contributed by atoms with E-state index in [1.807, 2.05) is 13.8 Å². The monoisotopic (exact) mass is 589 g/mol. The van der Waals surface area contributed by atoms with Crippen LogP contribution in [0.3, 0.4) is 0 Å². The van der Waals surface area contributed by atoms with E-state index in [0.717, 1.165) is 17.4 Å². The average molecular weight is 591 g/mol. The number of amides is 2. The molecule has 1 atom stereocenters. The van der Waals surface area contributed by atoms with E-state index in [1.54, 1.807) is 50.2 Å². The van der Waals surface area contributed by atoms with Crippen LogP contribution < -0.4 is 9.62 Å². The minimum Gasteiger partial charge on any atom is -0.354 e. The van der Waals surface area contributed by atoms with E-state index in [-0.39, 0.29) is 43.7 Å². The lowest BCUT2D eigenvalue weighted by Crippen LogP contribution is -2.48. The van der Waals surface area contributed by atoms with Crippen molar-refractivity contribution in [3.8, 4) is 0 Å². The molecule has 2 aromatic rings. The van der Waals surface area contributed by atoms with E-state index < -0.39 is 16.1 Å². The summed E-state index contributed by atoms with van der Waals surface area (Å²) in [5.74, 6) is -0.295. The molecule has 0 aliphatic carbocycles. The van der Waals surface area contributed by atoms with Crippen molar-refractivity contribution in [2.75, 3.05) is 23.7 Å². The summed E-state index contributed by atoms with van der Waals surface area (Å²) in [6.45, 7) is 8.15. The molecule has 0 heterocycles. The van der Waals surface area contributed by atoms with Crippen molar-refractivity contribution in [1.29, 1.82) is 0 Å². The Kier molecular flexibility index (Phi) is 11.6. The van der Waals surface area contributed by atoms with Crippen molar-refractivity contribution in [3.05, 3.63) is 62.6 Å². The van der Waals surface area contributed by atoms with Gasteiger partial charge in [0.05, 0.1) is 22.0 Å². The number of hydrogen-bond donors (Lipinski definition) is 1. The van der Waals surface area contributed by atoms with Crippen molar-refractivity contribution in [1.82, 2.24) is 10.2 Å². The van der Waals surface area contributed by atoms with E-state index in [4.69, 9.17) is 34.8 Å². The molecule has 0 aromatic heterocycles. The van der Waals surface area contributed by atoms with E-state index in [0.29, 0.717) is 27.3 Å². The third kappa shape index (κ3) is 9.36. The van der Waals surface area contributed by atoms with Crippen LogP contribution in [0, 0.1) is 12.8 Å². The first-order valence-electron chi connectivity index (χ1n) is 12.0. The third-order valence-corrected chi connectivity index (χ3v) is 7.93. The van der Waals surface area contributed by atoms with Gasteiger partial charge in [0, 0.05) is 31.1 Å². The van der Waals surface area contributed by atoms with Gasteiger partial charge in [-0.3, -0.25) is 13.9 Å². The zero-order valence-electron chi connectivity index (χ0n) is 21.7. The molecule has 2 rings (SSSR count). The highest BCUT2D eigenvalue weighted by Crippen LogP contribution is 2.27. The molecule has 2 aromatic carbocycles. The van der Waals surface area contributed by atoms with Crippen LogP contribution >= 0.6 is 34.8 Å². The Labute approximate surface area is 235 Å². The van der Waals surface area contributed by atoms with Crippen LogP contribution in [0.25, 0.3) is 0 Å². The topological polar surface area (TPSA) is 86.8 Å². The number of halogens is 3. The van der Waals surface area contributed by atoms with Gasteiger partial charge in [-0.1, -0.05) is 60.8 Å². The van der Waals surface area contributed by atoms with E-state index in [1.165, 1.54) is 9.21 Å². The summed E-state index contributed by atoms with van der Waals surface area (Å²) >= 11 is 18.3. The second-order valence-corrected chi connectivity index (χ2v) is 12.6. The summed E-state index contributed by atoms with van der Waals surface area (Å²) in [5, 5.41) is 4.03. The number of carbonyl (C=O) groups excluding carboxylic acids is 2. The molecule has 0 bridgehead atoms. The Balaban J connectivity index is 2.22. The fourth-order valence-corrected chi connectivity index (χ4v) is 5.21. The molecule has 0 spiro atoms. The highest BCUT2D eigenvalue weighted by molar-refractivity contribution is 7.92. The van der Waals surface area contributed by atoms with Gasteiger partial charge in [-0.25, -0.2) is 8.42 Å². The number of aryl methyl sites for hydroxylation is 1. The van der Waals surface area contributed by atoms with E-state index >= 15 is 0 Å². The lowest BCUT2D eigenvalue weighted by atomic mass is 10.1. The number of nitrogens with one attached hydrogen (secondary N) is 1. The standard InChI is InChI=1S/C26H34Cl3N3O4S/c1-17(2)15-30-26(34)19(4)31(16-20-9-11-22(28)23(29)13-20)25(33)7-6-12-32(37(5,35)36)24-14-21(27)10-8-18(24)3/h8-11,13-14,17,19H,6-7,12,15-16H2,1-5H3,(H,30,34)/t19-/m1/s1. The van der Waals surface area contributed by atoms with Gasteiger partial charge in [0.1, 0.15) is 6.04 Å². The van der Waals surface area contributed by atoms with Gasteiger partial charge in [0.15, 0.2) is 0 Å². The molecule has 37 heavy (non-hydrogen) atoms. The third-order valence-electron chi connectivity index (χ3n) is 5.78. The van der Waals surface area contributed by atoms with Crippen molar-refractivity contribution in [2.24, 2.45) is 5.92 Å². The van der Waals surface area contributed by atoms with Crippen LogP contribution in [0.2, 0.25) is 15.1 Å². The largest absolute Gasteiger partial charge is 0.354 e. The summed E-state index contributed by atoms with van der Waals surface area (Å²) < 4.78 is 26.3. The Hall–Kier alpha value is -2.00. The summed E-state index contributed by atoms with van der Waals surface area (Å²) in [4.78, 5) is 27.7. The quantitative estimate of drug-likeness (QED) is 0.344. The lowest BCUT2D eigenvalue weighted by Gasteiger charge is -2.30. The predicted octanol–water partition coefficient (Wildman–Crippen LogP) is 5.69. The molecular formula is C26H34Cl3N3O4S. The first-order chi connectivity index (χ1) is 17.2. The van der Waals surface area contributed by atoms with Gasteiger partial charge < -0.3 is 10.2 Å². The van der Waals surface area contributed by atoms with E-state index in [2.05, 4.69) is 5.32 Å². The summed E-state index contributed by atoms with van der Waals surface area (Å²) in [6.07, 6.45) is 1.40. The highest BCUT2D eigenvalue weighted by atomic mass is 35.5. The molecule has 0 aliphatic rings. The molecule has 0 radical (unpaired) electrons. The Morgan fingerprint density at radius 1 is 1.00 bits per heavy atom. The molecule has 7 nitrogen and oxygen atoms in total. The van der Waals surface area contributed by atoms with Crippen molar-refractivity contribution < 1.29 is 18.0 Å². The zero-order valence-corrected chi connectivity index (χ0v) is 24.8. The molecule has 1 N–H and O–H groups in total. The first kappa shape index (κ1) is 31.2. The Bertz CT molecular complexity index is 1220. The minimum absolute atomic E-state index is 0.0365. The van der Waals surface area contributed by atoms with Gasteiger partial charge in [-0.2, -0.15) is 0 Å². The molecule has 0 saturated heterocycles. The highest BCUT2D eigenvalue weighted by Gasteiger charge is 2.27. The SMILES string of the molecule is Cc1ccc(Cl)cc1N(CCCC(=O)N(Cc1ccc(Cl)c(Cl)c1)[C@H](C)C(=O)NCC(C)C)S(C)(=O)=O. The molecule has 0 unspecified atom stereocenters. The predicted molar refractivity (Wildman–Crippen MR) is 152 cm³/mol. The molecule has 11 heteroatoms. The molecule has 0 aliphatic heterocycles. The van der Waals surface area contributed by atoms with Gasteiger partial charge in [0.25, 0.3) is 0 Å². The van der Waals surface area contributed by atoms with Crippen LogP contribution in [0.5, 0.6) is 0 Å². The van der Waals surface area contributed by atoms with Crippen LogP contribution in [0.4, 0.5) is 5.69 Å². The fourth-order valence-electron chi connectivity index (χ4n) is 3.70. The lowest BCUT2D eigenvalue weighted by molar-refractivity contribution is -0.140. The Morgan fingerprint density at radius 3 is 2.27 bits per heavy atom. The number of nitrogens with zero attached hydrogens (tertiary/aromatic N) is 2. The number of sulfonamides is 1. The van der Waals surface area contributed by atoms with Crippen LogP contribution in [0.1, 0.15) is 44.7 Å². The Morgan fingerprint density at radius 2 is 1.68 bits per heavy atom. The van der Waals surface area contributed by atoms with Crippen molar-refractivity contribution in [3.63, 3.8) is 0 Å². The molecule has 204 valence electrons. The fraction of sp³-hybridized carbons (Fsp3) is 0.462. The van der Waals surface area contributed by atoms with Gasteiger partial charge >= 0.3 is 0 Å². The maximum Gasteiger partial charge on any atom is 0.242 e. The second-order valence-electron chi connectivity index (χ2n) is 9.45. The smallest absolute Gasteiger partial charge is 0.242 e. The number of carbonyl (C=O) groups is 2. The number of anilines is 1. The molecular weight excluding hydrogens is 557 g/mol. The number of benzene rings is 2. The maximum absolute atomic E-state index is 13.4. The van der Waals surface area contributed by atoms with Gasteiger partial charge in [-0.05, 0) is 61.6 Å². The first-order valence-corrected chi connectivity index (χ1v) is 14.9. The summed E-state index contributed by atoms with van der Waals surface area (Å²) in [7, 11) is -3.62. The zero-order chi connectivity index (χ0) is 27.9. The van der Waals surface area contributed by atoms with Gasteiger partial charge in [0.2, 0.25) is 21.8 Å². The molecule has 2 amide bonds. The normalized spacial score (nSPS) is 12.4. The second kappa shape index (κ2) is 13.7. The van der Waals surface area contributed by atoms with Crippen molar-refractivity contribution >= 4 is 62.3 Å². The van der Waals surface area contributed by atoms with Crippen LogP contribution in [0.15, 0.2) is 36.4 Å². The van der Waals surface area contributed by atoms with Crippen LogP contribution in [-0.4, -0.2) is 50.5 Å². The maximum atomic E-state index is 13.4. The van der Waals surface area contributed by atoms with E-state index in [9.17, 15) is 18.0 Å². The molecule has 0 saturated carbocycles. The number of hydrogen-bond acceptors (Lipinski definition) is 4. The minimum atomic E-state index is -3.62. The molecule has 0 fully saturated rings. The average Bonchev–Trinajstić information content (AvgIpc) is 2.81. The van der Waals surface area contributed by atoms with Crippen LogP contribution in [-0.2, 0) is 26.2 Å². The van der Waals surface area contributed by atoms with Gasteiger partial charge in [-0.15, -0.1) is 0 Å². The van der Waals surface area contributed by atoms with Crippen molar-refractivity contribution in [2.45, 2.75) is 53.1 Å². The summed E-state index contributed by atoms with van der Waals surface area (Å²) in [5.41, 5.74) is 1.94. The summed E-state index contributed by atoms with van der Waals surface area (Å²) in [6, 6.07) is 9.34. The number of rotatable bonds is 12.